The molecule has 1 heterocycles. The molecular formula is C24H22ClN3O. The van der Waals surface area contributed by atoms with Crippen molar-refractivity contribution in [2.24, 2.45) is 5.10 Å². The van der Waals surface area contributed by atoms with E-state index in [1.54, 1.807) is 0 Å². The SMILES string of the molecule is C[C@H](NC(=O)N1C[C@@H](c2ccccc2)C(c2ccc(Cl)cc2)=N1)c1ccccc1. The minimum absolute atomic E-state index is 0.00940. The zero-order valence-electron chi connectivity index (χ0n) is 16.1. The Morgan fingerprint density at radius 2 is 1.62 bits per heavy atom. The number of benzene rings is 3. The van der Waals surface area contributed by atoms with E-state index in [-0.39, 0.29) is 18.0 Å². The molecule has 1 aliphatic rings. The second-order valence-electron chi connectivity index (χ2n) is 7.12. The van der Waals surface area contributed by atoms with E-state index in [0.717, 1.165) is 22.4 Å². The number of hydrogen-bond acceptors (Lipinski definition) is 2. The number of amides is 2. The van der Waals surface area contributed by atoms with Crippen LogP contribution in [0, 0.1) is 0 Å². The maximum absolute atomic E-state index is 12.9. The van der Waals surface area contributed by atoms with Crippen molar-refractivity contribution in [2.75, 3.05) is 6.54 Å². The van der Waals surface area contributed by atoms with Crippen molar-refractivity contribution in [1.82, 2.24) is 10.3 Å². The highest BCUT2D eigenvalue weighted by Gasteiger charge is 2.32. The van der Waals surface area contributed by atoms with Gasteiger partial charge in [-0.2, -0.15) is 5.10 Å². The van der Waals surface area contributed by atoms with Gasteiger partial charge in [-0.15, -0.1) is 0 Å². The molecule has 0 aromatic heterocycles. The van der Waals surface area contributed by atoms with E-state index in [1.165, 1.54) is 5.01 Å². The van der Waals surface area contributed by atoms with Gasteiger partial charge < -0.3 is 5.32 Å². The van der Waals surface area contributed by atoms with Gasteiger partial charge in [0.15, 0.2) is 0 Å². The summed E-state index contributed by atoms with van der Waals surface area (Å²) < 4.78 is 0. The van der Waals surface area contributed by atoms with Crippen LogP contribution in [-0.4, -0.2) is 23.3 Å². The van der Waals surface area contributed by atoms with Crippen LogP contribution in [-0.2, 0) is 0 Å². The number of hydrazone groups is 1. The summed E-state index contributed by atoms with van der Waals surface area (Å²) in [6.45, 7) is 2.47. The molecule has 0 saturated heterocycles. The molecule has 0 saturated carbocycles. The predicted molar refractivity (Wildman–Crippen MR) is 117 cm³/mol. The Kier molecular flexibility index (Phi) is 5.63. The van der Waals surface area contributed by atoms with E-state index < -0.39 is 0 Å². The molecule has 2 atom stereocenters. The number of urea groups is 1. The maximum atomic E-state index is 12.9. The number of rotatable bonds is 4. The van der Waals surface area contributed by atoms with Crippen molar-refractivity contribution >= 4 is 23.3 Å². The summed E-state index contributed by atoms with van der Waals surface area (Å²) in [6.07, 6.45) is 0. The Balaban J connectivity index is 1.59. The summed E-state index contributed by atoms with van der Waals surface area (Å²) >= 11 is 6.05. The number of carbonyl (C=O) groups is 1. The van der Waals surface area contributed by atoms with Crippen LogP contribution in [0.25, 0.3) is 0 Å². The summed E-state index contributed by atoms with van der Waals surface area (Å²) in [5.41, 5.74) is 4.03. The molecule has 0 bridgehead atoms. The third-order valence-corrected chi connectivity index (χ3v) is 5.38. The van der Waals surface area contributed by atoms with Crippen molar-refractivity contribution < 1.29 is 4.79 Å². The van der Waals surface area contributed by atoms with E-state index in [2.05, 4.69) is 22.6 Å². The van der Waals surface area contributed by atoms with Crippen molar-refractivity contribution in [3.63, 3.8) is 0 Å². The standard InChI is InChI=1S/C24H22ClN3O/c1-17(18-8-4-2-5-9-18)26-24(29)28-16-22(19-10-6-3-7-11-19)23(27-28)20-12-14-21(25)15-13-20/h2-15,17,22H,16H2,1H3,(H,26,29)/t17-,22-/m0/s1. The van der Waals surface area contributed by atoms with E-state index in [4.69, 9.17) is 11.6 Å². The van der Waals surface area contributed by atoms with Gasteiger partial charge in [0.05, 0.1) is 18.3 Å². The molecular weight excluding hydrogens is 382 g/mol. The summed E-state index contributed by atoms with van der Waals surface area (Å²) in [5, 5.41) is 9.94. The van der Waals surface area contributed by atoms with Gasteiger partial charge >= 0.3 is 6.03 Å². The van der Waals surface area contributed by atoms with Gasteiger partial charge in [0, 0.05) is 10.9 Å². The Hall–Kier alpha value is -3.11. The van der Waals surface area contributed by atoms with Gasteiger partial charge in [0.2, 0.25) is 0 Å². The van der Waals surface area contributed by atoms with Crippen molar-refractivity contribution in [3.05, 3.63) is 107 Å². The molecule has 4 rings (SSSR count). The van der Waals surface area contributed by atoms with E-state index in [1.807, 2.05) is 79.7 Å². The van der Waals surface area contributed by atoms with Crippen LogP contribution in [0.5, 0.6) is 0 Å². The summed E-state index contributed by atoms with van der Waals surface area (Å²) in [6, 6.07) is 27.4. The number of nitrogens with zero attached hydrogens (tertiary/aromatic N) is 2. The van der Waals surface area contributed by atoms with Crippen LogP contribution in [0.2, 0.25) is 5.02 Å². The maximum Gasteiger partial charge on any atom is 0.338 e. The second-order valence-corrected chi connectivity index (χ2v) is 7.56. The van der Waals surface area contributed by atoms with Gasteiger partial charge in [0.1, 0.15) is 0 Å². The van der Waals surface area contributed by atoms with Crippen LogP contribution < -0.4 is 5.32 Å². The number of halogens is 1. The Bertz CT molecular complexity index is 1000. The van der Waals surface area contributed by atoms with E-state index in [0.29, 0.717) is 11.6 Å². The molecule has 1 N–H and O–H groups in total. The fraction of sp³-hybridized carbons (Fsp3) is 0.167. The lowest BCUT2D eigenvalue weighted by Gasteiger charge is -2.19. The van der Waals surface area contributed by atoms with Crippen molar-refractivity contribution in [3.8, 4) is 0 Å². The van der Waals surface area contributed by atoms with E-state index >= 15 is 0 Å². The molecule has 5 heteroatoms. The molecule has 4 nitrogen and oxygen atoms in total. The molecule has 146 valence electrons. The van der Waals surface area contributed by atoms with Crippen LogP contribution in [0.15, 0.2) is 90.0 Å². The van der Waals surface area contributed by atoms with Crippen molar-refractivity contribution in [1.29, 1.82) is 0 Å². The number of carbonyl (C=O) groups excluding carboxylic acids is 1. The average molecular weight is 404 g/mol. The topological polar surface area (TPSA) is 44.7 Å². The van der Waals surface area contributed by atoms with Crippen molar-refractivity contribution in [2.45, 2.75) is 18.9 Å². The molecule has 0 unspecified atom stereocenters. The summed E-state index contributed by atoms with van der Waals surface area (Å²) in [7, 11) is 0. The monoisotopic (exact) mass is 403 g/mol. The molecule has 0 spiro atoms. The quantitative estimate of drug-likeness (QED) is 0.604. The molecule has 3 aromatic rings. The lowest BCUT2D eigenvalue weighted by molar-refractivity contribution is 0.200. The van der Waals surface area contributed by atoms with E-state index in [9.17, 15) is 4.79 Å². The predicted octanol–water partition coefficient (Wildman–Crippen LogP) is 5.61. The van der Waals surface area contributed by atoms with Gasteiger partial charge in [0.25, 0.3) is 0 Å². The fourth-order valence-electron chi connectivity index (χ4n) is 3.54. The minimum Gasteiger partial charge on any atom is -0.330 e. The third-order valence-electron chi connectivity index (χ3n) is 5.13. The van der Waals surface area contributed by atoms with Gasteiger partial charge in [-0.1, -0.05) is 84.4 Å². The van der Waals surface area contributed by atoms with Crippen LogP contribution >= 0.6 is 11.6 Å². The molecule has 0 radical (unpaired) electrons. The molecule has 2 amide bonds. The first kappa shape index (κ1) is 19.2. The Labute approximate surface area is 175 Å². The van der Waals surface area contributed by atoms with Crippen LogP contribution in [0.1, 0.15) is 35.6 Å². The summed E-state index contributed by atoms with van der Waals surface area (Å²) in [4.78, 5) is 12.9. The summed E-state index contributed by atoms with van der Waals surface area (Å²) in [5.74, 6) is 0.00940. The molecule has 0 fully saturated rings. The zero-order chi connectivity index (χ0) is 20.2. The molecule has 1 aliphatic heterocycles. The van der Waals surface area contributed by atoms with Gasteiger partial charge in [-0.25, -0.2) is 9.80 Å². The minimum atomic E-state index is -0.203. The van der Waals surface area contributed by atoms with Crippen LogP contribution in [0.4, 0.5) is 4.79 Å². The molecule has 3 aromatic carbocycles. The number of nitrogens with one attached hydrogen (secondary N) is 1. The van der Waals surface area contributed by atoms with Crippen LogP contribution in [0.3, 0.4) is 0 Å². The second kappa shape index (κ2) is 8.50. The Morgan fingerprint density at radius 3 is 2.28 bits per heavy atom. The fourth-order valence-corrected chi connectivity index (χ4v) is 3.67. The highest BCUT2D eigenvalue weighted by Crippen LogP contribution is 2.29. The lowest BCUT2D eigenvalue weighted by atomic mass is 9.91. The first-order chi connectivity index (χ1) is 14.1. The zero-order valence-corrected chi connectivity index (χ0v) is 16.9. The molecule has 29 heavy (non-hydrogen) atoms. The largest absolute Gasteiger partial charge is 0.338 e. The highest BCUT2D eigenvalue weighted by molar-refractivity contribution is 6.30. The Morgan fingerprint density at radius 1 is 1.00 bits per heavy atom. The normalized spacial score (nSPS) is 17.0. The first-order valence-electron chi connectivity index (χ1n) is 9.64. The highest BCUT2D eigenvalue weighted by atomic mass is 35.5. The van der Waals surface area contributed by atoms with Gasteiger partial charge in [-0.05, 0) is 35.7 Å². The third kappa shape index (κ3) is 4.33. The number of hydrogen-bond donors (Lipinski definition) is 1. The molecule has 0 aliphatic carbocycles. The lowest BCUT2D eigenvalue weighted by Crippen LogP contribution is -2.37. The first-order valence-corrected chi connectivity index (χ1v) is 10.0. The smallest absolute Gasteiger partial charge is 0.330 e. The van der Waals surface area contributed by atoms with Gasteiger partial charge in [-0.3, -0.25) is 0 Å². The average Bonchev–Trinajstić information content (AvgIpc) is 3.21.